The standard InChI is InChI=1S/C6H11N2O2/c1-3-5(9)8(7)6(10)4-2/h1,3-4,7H2,2H3. The summed E-state index contributed by atoms with van der Waals surface area (Å²) in [5, 5.41) is 0.604. The van der Waals surface area contributed by atoms with Gasteiger partial charge in [0.05, 0.1) is 0 Å². The minimum Gasteiger partial charge on any atom is -0.273 e. The summed E-state index contributed by atoms with van der Waals surface area (Å²) in [6.07, 6.45) is 0.254. The Labute approximate surface area is 60.0 Å². The van der Waals surface area contributed by atoms with Crippen molar-refractivity contribution >= 4 is 11.8 Å². The maximum atomic E-state index is 10.7. The van der Waals surface area contributed by atoms with E-state index in [1.54, 1.807) is 6.92 Å². The predicted octanol–water partition coefficient (Wildman–Crippen LogP) is -0.151. The molecule has 0 rings (SSSR count). The molecule has 0 aliphatic rings. The minimum atomic E-state index is -0.452. The van der Waals surface area contributed by atoms with E-state index in [0.717, 1.165) is 0 Å². The van der Waals surface area contributed by atoms with Gasteiger partial charge in [0.15, 0.2) is 0 Å². The Morgan fingerprint density at radius 2 is 2.00 bits per heavy atom. The number of amides is 2. The van der Waals surface area contributed by atoms with Crippen molar-refractivity contribution in [2.24, 2.45) is 5.84 Å². The van der Waals surface area contributed by atoms with Gasteiger partial charge in [0, 0.05) is 12.8 Å². The molecule has 2 amide bonds. The zero-order valence-electron chi connectivity index (χ0n) is 5.96. The van der Waals surface area contributed by atoms with Gasteiger partial charge in [-0.15, -0.1) is 0 Å². The zero-order chi connectivity index (χ0) is 8.15. The van der Waals surface area contributed by atoms with Crippen LogP contribution in [-0.4, -0.2) is 16.8 Å². The van der Waals surface area contributed by atoms with Gasteiger partial charge in [0.1, 0.15) is 0 Å². The molecule has 10 heavy (non-hydrogen) atoms. The van der Waals surface area contributed by atoms with Crippen molar-refractivity contribution in [1.29, 1.82) is 0 Å². The van der Waals surface area contributed by atoms with Gasteiger partial charge >= 0.3 is 0 Å². The fraction of sp³-hybridized carbons (Fsp3) is 0.500. The molecule has 0 atom stereocenters. The molecule has 0 aromatic rings. The average Bonchev–Trinajstić information content (AvgIpc) is 2.00. The van der Waals surface area contributed by atoms with Gasteiger partial charge < -0.3 is 0 Å². The van der Waals surface area contributed by atoms with Crippen LogP contribution in [-0.2, 0) is 9.59 Å². The molecular formula is C6H11N2O2. The molecule has 0 saturated heterocycles. The molecule has 0 bridgehead atoms. The first kappa shape index (κ1) is 9.10. The highest BCUT2D eigenvalue weighted by Gasteiger charge is 2.12. The molecule has 0 aliphatic carbocycles. The van der Waals surface area contributed by atoms with Crippen molar-refractivity contribution in [3.63, 3.8) is 0 Å². The SMILES string of the molecule is [CH2]CC(=O)N(N)C(=O)CC. The van der Waals surface area contributed by atoms with Crippen molar-refractivity contribution in [3.05, 3.63) is 6.92 Å². The van der Waals surface area contributed by atoms with Crippen molar-refractivity contribution in [2.75, 3.05) is 0 Å². The van der Waals surface area contributed by atoms with Crippen LogP contribution in [0.5, 0.6) is 0 Å². The van der Waals surface area contributed by atoms with Crippen LogP contribution in [0.3, 0.4) is 0 Å². The number of carbonyl (C=O) groups is 2. The van der Waals surface area contributed by atoms with Gasteiger partial charge in [0.2, 0.25) is 11.8 Å². The number of nitrogens with two attached hydrogens (primary N) is 1. The summed E-state index contributed by atoms with van der Waals surface area (Å²) in [6.45, 7) is 4.94. The third-order valence-electron chi connectivity index (χ3n) is 1.05. The highest BCUT2D eigenvalue weighted by molar-refractivity contribution is 5.94. The Hall–Kier alpha value is -0.900. The summed E-state index contributed by atoms with van der Waals surface area (Å²) in [5.41, 5.74) is 0. The normalized spacial score (nSPS) is 9.10. The Morgan fingerprint density at radius 1 is 1.50 bits per heavy atom. The summed E-state index contributed by atoms with van der Waals surface area (Å²) in [7, 11) is 0. The molecule has 0 fully saturated rings. The second kappa shape index (κ2) is 4.00. The fourth-order valence-corrected chi connectivity index (χ4v) is 0.430. The summed E-state index contributed by atoms with van der Waals surface area (Å²) >= 11 is 0. The maximum absolute atomic E-state index is 10.7. The summed E-state index contributed by atoms with van der Waals surface area (Å²) < 4.78 is 0. The lowest BCUT2D eigenvalue weighted by atomic mass is 10.4. The van der Waals surface area contributed by atoms with Gasteiger partial charge in [-0.2, -0.15) is 0 Å². The van der Waals surface area contributed by atoms with Gasteiger partial charge in [-0.25, -0.2) is 10.9 Å². The van der Waals surface area contributed by atoms with E-state index in [4.69, 9.17) is 5.84 Å². The number of hydrogen-bond donors (Lipinski definition) is 1. The molecule has 0 aromatic carbocycles. The number of hydrazine groups is 1. The smallest absolute Gasteiger partial charge is 0.243 e. The maximum Gasteiger partial charge on any atom is 0.243 e. The number of hydrogen-bond acceptors (Lipinski definition) is 3. The Kier molecular flexibility index (Phi) is 3.64. The summed E-state index contributed by atoms with van der Waals surface area (Å²) in [6, 6.07) is 0. The molecule has 0 heterocycles. The topological polar surface area (TPSA) is 63.4 Å². The number of rotatable bonds is 2. The molecule has 1 radical (unpaired) electrons. The van der Waals surface area contributed by atoms with Crippen LogP contribution in [0.2, 0.25) is 0 Å². The van der Waals surface area contributed by atoms with E-state index in [1.165, 1.54) is 0 Å². The van der Waals surface area contributed by atoms with Crippen LogP contribution < -0.4 is 5.84 Å². The molecule has 0 unspecified atom stereocenters. The highest BCUT2D eigenvalue weighted by Crippen LogP contribution is 1.89. The number of imide groups is 1. The van der Waals surface area contributed by atoms with Crippen molar-refractivity contribution in [2.45, 2.75) is 19.8 Å². The summed E-state index contributed by atoms with van der Waals surface area (Å²) in [5.74, 6) is 4.24. The first-order valence-electron chi connectivity index (χ1n) is 3.03. The third-order valence-corrected chi connectivity index (χ3v) is 1.05. The van der Waals surface area contributed by atoms with Crippen LogP contribution in [0.1, 0.15) is 19.8 Å². The monoisotopic (exact) mass is 143 g/mol. The van der Waals surface area contributed by atoms with E-state index in [-0.39, 0.29) is 18.7 Å². The van der Waals surface area contributed by atoms with E-state index in [1.807, 2.05) is 0 Å². The molecule has 0 saturated carbocycles. The highest BCUT2D eigenvalue weighted by atomic mass is 16.2. The number of carbonyl (C=O) groups excluding carboxylic acids is 2. The quantitative estimate of drug-likeness (QED) is 0.332. The lowest BCUT2D eigenvalue weighted by Crippen LogP contribution is -2.41. The first-order chi connectivity index (χ1) is 4.63. The largest absolute Gasteiger partial charge is 0.273 e. The second-order valence-corrected chi connectivity index (χ2v) is 1.76. The molecule has 57 valence electrons. The lowest BCUT2D eigenvalue weighted by molar-refractivity contribution is -0.144. The van der Waals surface area contributed by atoms with Crippen LogP contribution in [0.4, 0.5) is 0 Å². The van der Waals surface area contributed by atoms with Crippen molar-refractivity contribution < 1.29 is 9.59 Å². The molecule has 0 spiro atoms. The molecule has 0 aromatic heterocycles. The number of nitrogens with zero attached hydrogens (tertiary/aromatic N) is 1. The Balaban J connectivity index is 3.94. The van der Waals surface area contributed by atoms with Gasteiger partial charge in [-0.3, -0.25) is 9.59 Å². The molecular weight excluding hydrogens is 132 g/mol. The van der Waals surface area contributed by atoms with Crippen molar-refractivity contribution in [3.8, 4) is 0 Å². The van der Waals surface area contributed by atoms with E-state index in [2.05, 4.69) is 6.92 Å². The first-order valence-corrected chi connectivity index (χ1v) is 3.03. The van der Waals surface area contributed by atoms with E-state index in [0.29, 0.717) is 5.01 Å². The van der Waals surface area contributed by atoms with Crippen LogP contribution in [0, 0.1) is 6.92 Å². The van der Waals surface area contributed by atoms with Gasteiger partial charge in [0.25, 0.3) is 0 Å². The molecule has 4 heteroatoms. The molecule has 2 N–H and O–H groups in total. The second-order valence-electron chi connectivity index (χ2n) is 1.76. The Morgan fingerprint density at radius 3 is 2.30 bits per heavy atom. The van der Waals surface area contributed by atoms with Crippen LogP contribution in [0.15, 0.2) is 0 Å². The summed E-state index contributed by atoms with van der Waals surface area (Å²) in [4.78, 5) is 21.3. The van der Waals surface area contributed by atoms with Crippen molar-refractivity contribution in [1.82, 2.24) is 5.01 Å². The van der Waals surface area contributed by atoms with Crippen LogP contribution >= 0.6 is 0 Å². The van der Waals surface area contributed by atoms with Gasteiger partial charge in [-0.1, -0.05) is 6.92 Å². The van der Waals surface area contributed by atoms with Crippen LogP contribution in [0.25, 0.3) is 0 Å². The van der Waals surface area contributed by atoms with Gasteiger partial charge in [-0.05, 0) is 6.92 Å². The lowest BCUT2D eigenvalue weighted by Gasteiger charge is -2.11. The minimum absolute atomic E-state index is 0.0161. The van der Waals surface area contributed by atoms with E-state index < -0.39 is 5.91 Å². The van der Waals surface area contributed by atoms with E-state index >= 15 is 0 Å². The van der Waals surface area contributed by atoms with E-state index in [9.17, 15) is 9.59 Å². The molecule has 0 aliphatic heterocycles. The predicted molar refractivity (Wildman–Crippen MR) is 36.3 cm³/mol. The zero-order valence-corrected chi connectivity index (χ0v) is 5.96. The Bertz CT molecular complexity index is 129. The average molecular weight is 143 g/mol. The molecule has 4 nitrogen and oxygen atoms in total. The third kappa shape index (κ3) is 2.14. The fourth-order valence-electron chi connectivity index (χ4n) is 0.430.